The van der Waals surface area contributed by atoms with Crippen molar-refractivity contribution in [2.75, 3.05) is 23.7 Å². The standard InChI is InChI=1S/C12H16BrN3O2S/c1-12(2)3-4-15(5-6-19-12)11-10(16(17)18)7-9(13)8-14-11/h7-8H,3-6H2,1-2H3. The van der Waals surface area contributed by atoms with Crippen LogP contribution < -0.4 is 4.90 Å². The number of pyridine rings is 1. The molecular formula is C12H16BrN3O2S. The number of anilines is 1. The summed E-state index contributed by atoms with van der Waals surface area (Å²) < 4.78 is 0.853. The van der Waals surface area contributed by atoms with Crippen molar-refractivity contribution < 1.29 is 4.92 Å². The summed E-state index contributed by atoms with van der Waals surface area (Å²) in [5.41, 5.74) is 0.0686. The maximum absolute atomic E-state index is 11.1. The molecule has 1 saturated heterocycles. The molecule has 0 saturated carbocycles. The molecule has 2 rings (SSSR count). The van der Waals surface area contributed by atoms with Crippen LogP contribution in [0.4, 0.5) is 11.5 Å². The van der Waals surface area contributed by atoms with Crippen LogP contribution in [0.5, 0.6) is 0 Å². The van der Waals surface area contributed by atoms with E-state index in [1.807, 2.05) is 16.7 Å². The predicted octanol–water partition coefficient (Wildman–Crippen LogP) is 3.47. The second-order valence-electron chi connectivity index (χ2n) is 5.10. The van der Waals surface area contributed by atoms with Gasteiger partial charge in [-0.05, 0) is 22.4 Å². The van der Waals surface area contributed by atoms with Gasteiger partial charge >= 0.3 is 5.69 Å². The lowest BCUT2D eigenvalue weighted by molar-refractivity contribution is -0.384. The van der Waals surface area contributed by atoms with Gasteiger partial charge in [-0.2, -0.15) is 11.8 Å². The Hall–Kier alpha value is -0.820. The smallest absolute Gasteiger partial charge is 0.312 e. The zero-order chi connectivity index (χ0) is 14.0. The maximum atomic E-state index is 11.1. The number of rotatable bonds is 2. The third-order valence-electron chi connectivity index (χ3n) is 3.15. The molecule has 1 aromatic heterocycles. The number of hydrogen-bond acceptors (Lipinski definition) is 5. The second-order valence-corrected chi connectivity index (χ2v) is 7.82. The van der Waals surface area contributed by atoms with Crippen molar-refractivity contribution in [1.29, 1.82) is 0 Å². The summed E-state index contributed by atoms with van der Waals surface area (Å²) in [6.07, 6.45) is 2.61. The van der Waals surface area contributed by atoms with E-state index in [0.29, 0.717) is 10.3 Å². The molecule has 0 spiro atoms. The molecule has 2 heterocycles. The molecule has 0 unspecified atom stereocenters. The highest BCUT2D eigenvalue weighted by atomic mass is 79.9. The Labute approximate surface area is 125 Å². The van der Waals surface area contributed by atoms with E-state index < -0.39 is 0 Å². The average molecular weight is 346 g/mol. The zero-order valence-electron chi connectivity index (χ0n) is 10.9. The normalized spacial score (nSPS) is 19.0. The molecular weight excluding hydrogens is 330 g/mol. The van der Waals surface area contributed by atoms with Gasteiger partial charge in [-0.25, -0.2) is 4.98 Å². The summed E-state index contributed by atoms with van der Waals surface area (Å²) in [5, 5.41) is 11.1. The van der Waals surface area contributed by atoms with Gasteiger partial charge in [0.2, 0.25) is 5.82 Å². The van der Waals surface area contributed by atoms with Crippen LogP contribution in [0.2, 0.25) is 0 Å². The average Bonchev–Trinajstić information content (AvgIpc) is 2.50. The summed E-state index contributed by atoms with van der Waals surface area (Å²) in [4.78, 5) is 17.0. The first-order valence-electron chi connectivity index (χ1n) is 6.08. The van der Waals surface area contributed by atoms with Crippen LogP contribution in [0.3, 0.4) is 0 Å². The number of hydrogen-bond donors (Lipinski definition) is 0. The number of nitro groups is 1. The minimum Gasteiger partial charge on any atom is -0.350 e. The Morgan fingerprint density at radius 2 is 2.26 bits per heavy atom. The monoisotopic (exact) mass is 345 g/mol. The lowest BCUT2D eigenvalue weighted by Crippen LogP contribution is -2.28. The molecule has 7 heteroatoms. The van der Waals surface area contributed by atoms with Crippen molar-refractivity contribution in [3.8, 4) is 0 Å². The number of thioether (sulfide) groups is 1. The highest BCUT2D eigenvalue weighted by Gasteiger charge is 2.28. The molecule has 104 valence electrons. The first kappa shape index (κ1) is 14.6. The molecule has 19 heavy (non-hydrogen) atoms. The second kappa shape index (κ2) is 5.66. The fourth-order valence-corrected chi connectivity index (χ4v) is 3.45. The van der Waals surface area contributed by atoms with E-state index in [2.05, 4.69) is 34.8 Å². The molecule has 0 bridgehead atoms. The number of aromatic nitrogens is 1. The van der Waals surface area contributed by atoms with Gasteiger partial charge in [0, 0.05) is 40.3 Å². The quantitative estimate of drug-likeness (QED) is 0.606. The highest BCUT2D eigenvalue weighted by molar-refractivity contribution is 9.10. The van der Waals surface area contributed by atoms with E-state index >= 15 is 0 Å². The SMILES string of the molecule is CC1(C)CCN(c2ncc(Br)cc2[N+](=O)[O-])CCS1. The van der Waals surface area contributed by atoms with E-state index in [1.165, 1.54) is 6.07 Å². The van der Waals surface area contributed by atoms with Gasteiger partial charge in [0.15, 0.2) is 0 Å². The third kappa shape index (κ3) is 3.60. The van der Waals surface area contributed by atoms with Gasteiger partial charge in [-0.15, -0.1) is 0 Å². The Bertz CT molecular complexity index is 496. The van der Waals surface area contributed by atoms with Gasteiger partial charge in [0.25, 0.3) is 0 Å². The van der Waals surface area contributed by atoms with Crippen molar-refractivity contribution >= 4 is 39.2 Å². The van der Waals surface area contributed by atoms with E-state index in [9.17, 15) is 10.1 Å². The van der Waals surface area contributed by atoms with Crippen LogP contribution >= 0.6 is 27.7 Å². The van der Waals surface area contributed by atoms with Crippen molar-refractivity contribution in [2.24, 2.45) is 0 Å². The Kier molecular flexibility index (Phi) is 4.35. The van der Waals surface area contributed by atoms with Crippen LogP contribution in [0, 0.1) is 10.1 Å². The van der Waals surface area contributed by atoms with Crippen LogP contribution in [-0.2, 0) is 0 Å². The van der Waals surface area contributed by atoms with Gasteiger partial charge in [0.05, 0.1) is 4.92 Å². The predicted molar refractivity (Wildman–Crippen MR) is 82.0 cm³/mol. The maximum Gasteiger partial charge on any atom is 0.312 e. The van der Waals surface area contributed by atoms with Gasteiger partial charge in [-0.3, -0.25) is 10.1 Å². The van der Waals surface area contributed by atoms with E-state index in [4.69, 9.17) is 0 Å². The van der Waals surface area contributed by atoms with Crippen LogP contribution in [0.1, 0.15) is 20.3 Å². The van der Waals surface area contributed by atoms with Crippen molar-refractivity contribution in [1.82, 2.24) is 4.98 Å². The van der Waals surface area contributed by atoms with Gasteiger partial charge in [-0.1, -0.05) is 13.8 Å². The van der Waals surface area contributed by atoms with E-state index in [1.54, 1.807) is 6.20 Å². The number of halogens is 1. The molecule has 0 aromatic carbocycles. The summed E-state index contributed by atoms with van der Waals surface area (Å²) in [6, 6.07) is 1.52. The van der Waals surface area contributed by atoms with Crippen LogP contribution in [0.15, 0.2) is 16.7 Å². The minimum atomic E-state index is -0.365. The molecule has 0 N–H and O–H groups in total. The van der Waals surface area contributed by atoms with Crippen molar-refractivity contribution in [3.05, 3.63) is 26.9 Å². The third-order valence-corrected chi connectivity index (χ3v) is 4.95. The first-order valence-corrected chi connectivity index (χ1v) is 7.86. The molecule has 1 aromatic rings. The Morgan fingerprint density at radius 1 is 1.53 bits per heavy atom. The fourth-order valence-electron chi connectivity index (χ4n) is 2.03. The topological polar surface area (TPSA) is 59.3 Å². The minimum absolute atomic E-state index is 0.0686. The Morgan fingerprint density at radius 3 is 2.95 bits per heavy atom. The number of nitrogens with zero attached hydrogens (tertiary/aromatic N) is 3. The van der Waals surface area contributed by atoms with Crippen molar-refractivity contribution in [2.45, 2.75) is 25.0 Å². The molecule has 0 amide bonds. The summed E-state index contributed by atoms with van der Waals surface area (Å²) in [6.45, 7) is 6.02. The van der Waals surface area contributed by atoms with Gasteiger partial charge < -0.3 is 4.90 Å². The lowest BCUT2D eigenvalue weighted by Gasteiger charge is -2.23. The largest absolute Gasteiger partial charge is 0.350 e. The van der Waals surface area contributed by atoms with E-state index in [0.717, 1.165) is 25.3 Å². The lowest BCUT2D eigenvalue weighted by atomic mass is 10.1. The summed E-state index contributed by atoms with van der Waals surface area (Å²) in [7, 11) is 0. The fraction of sp³-hybridized carbons (Fsp3) is 0.583. The van der Waals surface area contributed by atoms with E-state index in [-0.39, 0.29) is 15.4 Å². The molecule has 5 nitrogen and oxygen atoms in total. The van der Waals surface area contributed by atoms with Crippen LogP contribution in [-0.4, -0.2) is 33.5 Å². The zero-order valence-corrected chi connectivity index (χ0v) is 13.3. The Balaban J connectivity index is 2.29. The van der Waals surface area contributed by atoms with Gasteiger partial charge in [0.1, 0.15) is 0 Å². The molecule has 0 radical (unpaired) electrons. The van der Waals surface area contributed by atoms with Crippen molar-refractivity contribution in [3.63, 3.8) is 0 Å². The molecule has 0 atom stereocenters. The summed E-state index contributed by atoms with van der Waals surface area (Å²) in [5.74, 6) is 1.44. The first-order chi connectivity index (χ1) is 8.89. The highest BCUT2D eigenvalue weighted by Crippen LogP contribution is 2.35. The molecule has 1 fully saturated rings. The molecule has 1 aliphatic heterocycles. The molecule has 1 aliphatic rings. The van der Waals surface area contributed by atoms with Crippen LogP contribution in [0.25, 0.3) is 0 Å². The summed E-state index contributed by atoms with van der Waals surface area (Å²) >= 11 is 5.14. The molecule has 0 aliphatic carbocycles.